The SMILES string of the molecule is O=C(O)c1ccc2c(c1)C(=O)C(c1ccc3c(OS(=O)(=O)C4CCCCC4)cccc3n1)C2=O. The molecule has 1 heterocycles. The van der Waals surface area contributed by atoms with Crippen LogP contribution in [0, 0.1) is 0 Å². The summed E-state index contributed by atoms with van der Waals surface area (Å²) in [6, 6.07) is 11.8. The average molecular weight is 480 g/mol. The molecule has 8 nitrogen and oxygen atoms in total. The number of carboxylic acids is 1. The van der Waals surface area contributed by atoms with Gasteiger partial charge in [-0.2, -0.15) is 8.42 Å². The molecule has 3 aromatic rings. The Hall–Kier alpha value is -3.59. The van der Waals surface area contributed by atoms with Crippen LogP contribution in [0.1, 0.15) is 74.8 Å². The van der Waals surface area contributed by atoms with Crippen LogP contribution in [0.25, 0.3) is 10.9 Å². The molecule has 1 unspecified atom stereocenters. The van der Waals surface area contributed by atoms with Crippen LogP contribution in [0.2, 0.25) is 0 Å². The van der Waals surface area contributed by atoms with Gasteiger partial charge in [-0.15, -0.1) is 0 Å². The third-order valence-electron chi connectivity index (χ3n) is 6.50. The van der Waals surface area contributed by atoms with E-state index in [1.54, 1.807) is 24.3 Å². The number of benzene rings is 2. The van der Waals surface area contributed by atoms with Crippen molar-refractivity contribution in [1.82, 2.24) is 4.98 Å². The van der Waals surface area contributed by atoms with Gasteiger partial charge in [0, 0.05) is 16.5 Å². The lowest BCUT2D eigenvalue weighted by Crippen LogP contribution is -2.28. The Bertz CT molecular complexity index is 1460. The number of aromatic carboxylic acids is 1. The quantitative estimate of drug-likeness (QED) is 0.427. The van der Waals surface area contributed by atoms with E-state index in [4.69, 9.17) is 4.18 Å². The van der Waals surface area contributed by atoms with Crippen LogP contribution in [-0.2, 0) is 10.1 Å². The number of rotatable bonds is 5. The summed E-state index contributed by atoms with van der Waals surface area (Å²) in [6.45, 7) is 0. The molecule has 1 atom stereocenters. The topological polar surface area (TPSA) is 128 Å². The van der Waals surface area contributed by atoms with Gasteiger partial charge >= 0.3 is 16.1 Å². The maximum atomic E-state index is 13.0. The Balaban J connectivity index is 1.48. The minimum absolute atomic E-state index is 0.0625. The van der Waals surface area contributed by atoms with Gasteiger partial charge in [-0.3, -0.25) is 14.6 Å². The van der Waals surface area contributed by atoms with Crippen LogP contribution in [-0.4, -0.2) is 41.3 Å². The fourth-order valence-electron chi connectivity index (χ4n) is 4.72. The molecule has 34 heavy (non-hydrogen) atoms. The highest BCUT2D eigenvalue weighted by atomic mass is 32.2. The van der Waals surface area contributed by atoms with Crippen molar-refractivity contribution in [2.45, 2.75) is 43.3 Å². The first-order valence-electron chi connectivity index (χ1n) is 11.0. The van der Waals surface area contributed by atoms with Crippen molar-refractivity contribution < 1.29 is 32.1 Å². The Morgan fingerprint density at radius 1 is 0.941 bits per heavy atom. The van der Waals surface area contributed by atoms with Gasteiger partial charge in [-0.05, 0) is 55.3 Å². The zero-order chi connectivity index (χ0) is 24.0. The normalized spacial score (nSPS) is 18.8. The number of nitrogens with zero attached hydrogens (tertiary/aromatic N) is 1. The maximum Gasteiger partial charge on any atom is 0.335 e. The van der Waals surface area contributed by atoms with Crippen molar-refractivity contribution in [2.75, 3.05) is 0 Å². The van der Waals surface area contributed by atoms with E-state index in [-0.39, 0.29) is 28.1 Å². The van der Waals surface area contributed by atoms with Crippen LogP contribution in [0.3, 0.4) is 0 Å². The van der Waals surface area contributed by atoms with E-state index in [0.717, 1.165) is 19.3 Å². The zero-order valence-electron chi connectivity index (χ0n) is 18.1. The molecular formula is C25H21NO7S. The smallest absolute Gasteiger partial charge is 0.335 e. The van der Waals surface area contributed by atoms with Gasteiger partial charge in [0.05, 0.1) is 22.0 Å². The molecule has 0 aliphatic heterocycles. The van der Waals surface area contributed by atoms with E-state index in [9.17, 15) is 27.9 Å². The highest BCUT2D eigenvalue weighted by Crippen LogP contribution is 2.36. The standard InChI is InChI=1S/C25H21NO7S/c27-23-16-10-9-14(25(29)30)13-18(16)24(28)22(23)20-12-11-17-19(26-20)7-4-8-21(17)33-34(31,32)15-5-2-1-3-6-15/h4,7-13,15,22H,1-3,5-6H2,(H,29,30). The van der Waals surface area contributed by atoms with Gasteiger partial charge in [0.15, 0.2) is 17.3 Å². The van der Waals surface area contributed by atoms with Crippen molar-refractivity contribution in [3.05, 3.63) is 70.9 Å². The van der Waals surface area contributed by atoms with Crippen LogP contribution in [0.4, 0.5) is 0 Å². The lowest BCUT2D eigenvalue weighted by Gasteiger charge is -2.21. The monoisotopic (exact) mass is 479 g/mol. The molecule has 0 radical (unpaired) electrons. The number of ketones is 2. The minimum atomic E-state index is -3.80. The third-order valence-corrected chi connectivity index (χ3v) is 8.20. The van der Waals surface area contributed by atoms with Crippen LogP contribution < -0.4 is 4.18 Å². The van der Waals surface area contributed by atoms with E-state index in [0.29, 0.717) is 23.7 Å². The van der Waals surface area contributed by atoms with Crippen molar-refractivity contribution in [3.8, 4) is 5.75 Å². The summed E-state index contributed by atoms with van der Waals surface area (Å²) in [6.07, 6.45) is 3.88. The summed E-state index contributed by atoms with van der Waals surface area (Å²) in [5.74, 6) is -3.18. The number of aromatic nitrogens is 1. The molecule has 2 aliphatic carbocycles. The summed E-state index contributed by atoms with van der Waals surface area (Å²) in [4.78, 5) is 41.7. The summed E-state index contributed by atoms with van der Waals surface area (Å²) < 4.78 is 31.1. The first-order valence-corrected chi connectivity index (χ1v) is 12.5. The largest absolute Gasteiger partial charge is 0.478 e. The van der Waals surface area contributed by atoms with E-state index >= 15 is 0 Å². The number of hydrogen-bond acceptors (Lipinski definition) is 7. The molecule has 174 valence electrons. The lowest BCUT2D eigenvalue weighted by molar-refractivity contribution is 0.0696. The molecule has 0 spiro atoms. The first kappa shape index (κ1) is 22.2. The maximum absolute atomic E-state index is 13.0. The zero-order valence-corrected chi connectivity index (χ0v) is 18.9. The molecule has 2 aromatic carbocycles. The number of carbonyl (C=O) groups is 3. The third kappa shape index (κ3) is 3.75. The van der Waals surface area contributed by atoms with E-state index in [1.165, 1.54) is 24.3 Å². The molecule has 0 amide bonds. The average Bonchev–Trinajstić information content (AvgIpc) is 3.08. The lowest BCUT2D eigenvalue weighted by atomic mass is 9.98. The summed E-state index contributed by atoms with van der Waals surface area (Å²) in [5.41, 5.74) is 0.748. The second kappa shape index (κ2) is 8.32. The van der Waals surface area contributed by atoms with Crippen molar-refractivity contribution in [1.29, 1.82) is 0 Å². The number of carboxylic acid groups (broad SMARTS) is 1. The fourth-order valence-corrected chi connectivity index (χ4v) is 6.16. The van der Waals surface area contributed by atoms with Crippen LogP contribution in [0.15, 0.2) is 48.5 Å². The van der Waals surface area contributed by atoms with Gasteiger partial charge in [-0.1, -0.05) is 25.3 Å². The Labute approximate surface area is 195 Å². The highest BCUT2D eigenvalue weighted by Gasteiger charge is 2.41. The highest BCUT2D eigenvalue weighted by molar-refractivity contribution is 7.87. The molecule has 9 heteroatoms. The molecule has 0 bridgehead atoms. The molecule has 1 fully saturated rings. The summed E-state index contributed by atoms with van der Waals surface area (Å²) in [7, 11) is -3.80. The number of pyridine rings is 1. The second-order valence-corrected chi connectivity index (χ2v) is 10.4. The molecule has 1 saturated carbocycles. The van der Waals surface area contributed by atoms with Gasteiger partial charge in [-0.25, -0.2) is 4.79 Å². The number of hydrogen-bond donors (Lipinski definition) is 1. The number of Topliss-reactive ketones (excluding diaryl/α,β-unsaturated/α-hetero) is 2. The van der Waals surface area contributed by atoms with Gasteiger partial charge < -0.3 is 9.29 Å². The minimum Gasteiger partial charge on any atom is -0.478 e. The predicted molar refractivity (Wildman–Crippen MR) is 123 cm³/mol. The van der Waals surface area contributed by atoms with Crippen LogP contribution >= 0.6 is 0 Å². The van der Waals surface area contributed by atoms with E-state index < -0.39 is 38.8 Å². The van der Waals surface area contributed by atoms with Crippen LogP contribution in [0.5, 0.6) is 5.75 Å². The molecule has 2 aliphatic rings. The van der Waals surface area contributed by atoms with Crippen molar-refractivity contribution in [3.63, 3.8) is 0 Å². The molecule has 1 N–H and O–H groups in total. The second-order valence-electron chi connectivity index (χ2n) is 8.62. The molecule has 5 rings (SSSR count). The van der Waals surface area contributed by atoms with E-state index in [1.807, 2.05) is 0 Å². The molecule has 0 saturated heterocycles. The fraction of sp³-hybridized carbons (Fsp3) is 0.280. The molecular weight excluding hydrogens is 458 g/mol. The predicted octanol–water partition coefficient (Wildman–Crippen LogP) is 4.14. The molecule has 1 aromatic heterocycles. The Kier molecular flexibility index (Phi) is 5.44. The van der Waals surface area contributed by atoms with E-state index in [2.05, 4.69) is 4.98 Å². The Morgan fingerprint density at radius 3 is 2.41 bits per heavy atom. The summed E-state index contributed by atoms with van der Waals surface area (Å²) >= 11 is 0. The summed E-state index contributed by atoms with van der Waals surface area (Å²) in [5, 5.41) is 9.11. The van der Waals surface area contributed by atoms with Crippen molar-refractivity contribution in [2.24, 2.45) is 0 Å². The Morgan fingerprint density at radius 2 is 1.68 bits per heavy atom. The van der Waals surface area contributed by atoms with Gasteiger partial charge in [0.2, 0.25) is 0 Å². The number of carbonyl (C=O) groups excluding carboxylic acids is 2. The van der Waals surface area contributed by atoms with Gasteiger partial charge in [0.25, 0.3) is 0 Å². The van der Waals surface area contributed by atoms with Gasteiger partial charge in [0.1, 0.15) is 5.92 Å². The number of fused-ring (bicyclic) bond motifs is 2. The first-order chi connectivity index (χ1) is 16.3. The van der Waals surface area contributed by atoms with Crippen molar-refractivity contribution >= 4 is 38.6 Å².